The lowest BCUT2D eigenvalue weighted by Gasteiger charge is -2.31. The molecule has 0 aromatic heterocycles. The van der Waals surface area contributed by atoms with Gasteiger partial charge < -0.3 is 0 Å². The smallest absolute Gasteiger partial charge is 0.0252 e. The Hall–Kier alpha value is -1.05. The van der Waals surface area contributed by atoms with E-state index in [1.54, 1.807) is 0 Å². The van der Waals surface area contributed by atoms with Crippen molar-refractivity contribution < 1.29 is 0 Å². The van der Waals surface area contributed by atoms with Crippen LogP contribution in [0.5, 0.6) is 0 Å². The molecule has 0 saturated carbocycles. The van der Waals surface area contributed by atoms with Gasteiger partial charge in [0.25, 0.3) is 0 Å². The van der Waals surface area contributed by atoms with Gasteiger partial charge in [0.15, 0.2) is 0 Å². The second-order valence-electron chi connectivity index (χ2n) is 5.51. The minimum atomic E-state index is 0.727. The quantitative estimate of drug-likeness (QED) is 0.754. The lowest BCUT2D eigenvalue weighted by Crippen LogP contribution is -2.33. The summed E-state index contributed by atoms with van der Waals surface area (Å²) in [6.45, 7) is 3.43. The number of piperidine rings is 1. The van der Waals surface area contributed by atoms with Crippen molar-refractivity contribution >= 4 is 22.4 Å². The predicted molar refractivity (Wildman–Crippen MR) is 82.7 cm³/mol. The molecule has 1 aliphatic heterocycles. The van der Waals surface area contributed by atoms with Crippen molar-refractivity contribution in [2.24, 2.45) is 5.92 Å². The van der Waals surface area contributed by atoms with Crippen LogP contribution in [-0.4, -0.2) is 23.9 Å². The molecular weight excluding hydrogens is 254 g/mol. The van der Waals surface area contributed by atoms with Crippen LogP contribution in [0.3, 0.4) is 0 Å². The highest BCUT2D eigenvalue weighted by atomic mass is 35.5. The van der Waals surface area contributed by atoms with Gasteiger partial charge in [-0.15, -0.1) is 11.6 Å². The maximum absolute atomic E-state index is 5.95. The fourth-order valence-electron chi connectivity index (χ4n) is 2.97. The lowest BCUT2D eigenvalue weighted by atomic mass is 9.97. The van der Waals surface area contributed by atoms with Gasteiger partial charge >= 0.3 is 0 Å². The number of hydrogen-bond donors (Lipinski definition) is 0. The van der Waals surface area contributed by atoms with Crippen LogP contribution >= 0.6 is 11.6 Å². The predicted octanol–water partition coefficient (Wildman–Crippen LogP) is 4.29. The van der Waals surface area contributed by atoms with Gasteiger partial charge in [-0.05, 0) is 48.2 Å². The van der Waals surface area contributed by atoms with E-state index in [4.69, 9.17) is 11.6 Å². The average Bonchev–Trinajstić information content (AvgIpc) is 2.48. The fraction of sp³-hybridized carbons (Fsp3) is 0.412. The average molecular weight is 274 g/mol. The van der Waals surface area contributed by atoms with Crippen LogP contribution in [0.25, 0.3) is 10.8 Å². The fourth-order valence-corrected chi connectivity index (χ4v) is 3.28. The van der Waals surface area contributed by atoms with E-state index in [0.717, 1.165) is 18.3 Å². The van der Waals surface area contributed by atoms with Crippen molar-refractivity contribution in [1.29, 1.82) is 0 Å². The van der Waals surface area contributed by atoms with Crippen LogP contribution in [0.4, 0.5) is 0 Å². The molecule has 2 heteroatoms. The molecule has 3 rings (SSSR count). The molecule has 1 nitrogen and oxygen atoms in total. The molecule has 0 spiro atoms. The number of benzene rings is 2. The van der Waals surface area contributed by atoms with E-state index in [1.807, 2.05) is 0 Å². The van der Waals surface area contributed by atoms with Crippen LogP contribution in [0.15, 0.2) is 42.5 Å². The highest BCUT2D eigenvalue weighted by Gasteiger charge is 2.18. The van der Waals surface area contributed by atoms with Gasteiger partial charge in [0.1, 0.15) is 0 Å². The number of fused-ring (bicyclic) bond motifs is 1. The van der Waals surface area contributed by atoms with Crippen LogP contribution in [-0.2, 0) is 6.54 Å². The van der Waals surface area contributed by atoms with Gasteiger partial charge in [-0.1, -0.05) is 42.5 Å². The topological polar surface area (TPSA) is 3.24 Å². The van der Waals surface area contributed by atoms with E-state index in [1.165, 1.54) is 42.3 Å². The molecule has 1 fully saturated rings. The summed E-state index contributed by atoms with van der Waals surface area (Å²) in [5.41, 5.74) is 1.45. The SMILES string of the molecule is ClCC1CCN(Cc2cccc3ccccc23)CC1. The summed E-state index contributed by atoms with van der Waals surface area (Å²) in [7, 11) is 0. The molecule has 19 heavy (non-hydrogen) atoms. The van der Waals surface area contributed by atoms with Crippen molar-refractivity contribution in [3.05, 3.63) is 48.0 Å². The third-order valence-corrected chi connectivity index (χ3v) is 4.64. The first-order valence-electron chi connectivity index (χ1n) is 7.12. The van der Waals surface area contributed by atoms with E-state index >= 15 is 0 Å². The molecule has 0 N–H and O–H groups in total. The van der Waals surface area contributed by atoms with Crippen molar-refractivity contribution in [2.45, 2.75) is 19.4 Å². The second kappa shape index (κ2) is 5.94. The van der Waals surface area contributed by atoms with Crippen molar-refractivity contribution in [1.82, 2.24) is 4.90 Å². The van der Waals surface area contributed by atoms with Gasteiger partial charge in [-0.25, -0.2) is 0 Å². The second-order valence-corrected chi connectivity index (χ2v) is 5.82. The highest BCUT2D eigenvalue weighted by Crippen LogP contribution is 2.23. The number of nitrogens with zero attached hydrogens (tertiary/aromatic N) is 1. The Balaban J connectivity index is 1.75. The molecule has 0 amide bonds. The molecule has 0 bridgehead atoms. The molecule has 0 radical (unpaired) electrons. The summed E-state index contributed by atoms with van der Waals surface area (Å²) < 4.78 is 0. The summed E-state index contributed by atoms with van der Waals surface area (Å²) in [5, 5.41) is 2.74. The third-order valence-electron chi connectivity index (χ3n) is 4.20. The van der Waals surface area contributed by atoms with Crippen LogP contribution < -0.4 is 0 Å². The van der Waals surface area contributed by atoms with Gasteiger partial charge in [0, 0.05) is 12.4 Å². The molecule has 0 aliphatic carbocycles. The summed E-state index contributed by atoms with van der Waals surface area (Å²) in [5.74, 6) is 1.55. The Kier molecular flexibility index (Phi) is 4.05. The monoisotopic (exact) mass is 273 g/mol. The molecule has 1 heterocycles. The minimum Gasteiger partial charge on any atom is -0.299 e. The largest absolute Gasteiger partial charge is 0.299 e. The molecule has 1 saturated heterocycles. The van der Waals surface area contributed by atoms with Gasteiger partial charge in [0.2, 0.25) is 0 Å². The van der Waals surface area contributed by atoms with E-state index in [2.05, 4.69) is 47.4 Å². The Labute approximate surface area is 120 Å². The number of halogens is 1. The maximum atomic E-state index is 5.95. The zero-order valence-corrected chi connectivity index (χ0v) is 11.9. The molecule has 1 aliphatic rings. The standard InChI is InChI=1S/C17H20ClN/c18-12-14-8-10-19(11-9-14)13-16-6-3-5-15-4-1-2-7-17(15)16/h1-7,14H,8-13H2. The van der Waals surface area contributed by atoms with Gasteiger partial charge in [0.05, 0.1) is 0 Å². The van der Waals surface area contributed by atoms with Crippen molar-refractivity contribution in [3.63, 3.8) is 0 Å². The zero-order valence-electron chi connectivity index (χ0n) is 11.2. The Morgan fingerprint density at radius 1 is 1.00 bits per heavy atom. The minimum absolute atomic E-state index is 0.727. The first-order valence-corrected chi connectivity index (χ1v) is 7.65. The maximum Gasteiger partial charge on any atom is 0.0252 e. The normalized spacial score (nSPS) is 17.9. The Bertz CT molecular complexity index is 538. The molecule has 0 atom stereocenters. The van der Waals surface area contributed by atoms with Crippen LogP contribution in [0.1, 0.15) is 18.4 Å². The van der Waals surface area contributed by atoms with E-state index in [-0.39, 0.29) is 0 Å². The Morgan fingerprint density at radius 2 is 1.74 bits per heavy atom. The van der Waals surface area contributed by atoms with Crippen molar-refractivity contribution in [3.8, 4) is 0 Å². The number of alkyl halides is 1. The highest BCUT2D eigenvalue weighted by molar-refractivity contribution is 6.18. The molecule has 2 aromatic rings. The van der Waals surface area contributed by atoms with Crippen LogP contribution in [0, 0.1) is 5.92 Å². The van der Waals surface area contributed by atoms with E-state index in [0.29, 0.717) is 0 Å². The van der Waals surface area contributed by atoms with E-state index in [9.17, 15) is 0 Å². The lowest BCUT2D eigenvalue weighted by molar-refractivity contribution is 0.187. The van der Waals surface area contributed by atoms with Crippen LogP contribution in [0.2, 0.25) is 0 Å². The number of rotatable bonds is 3. The van der Waals surface area contributed by atoms with E-state index < -0.39 is 0 Å². The first-order chi connectivity index (χ1) is 9.36. The molecule has 2 aromatic carbocycles. The summed E-state index contributed by atoms with van der Waals surface area (Å²) in [4.78, 5) is 2.56. The Morgan fingerprint density at radius 3 is 2.53 bits per heavy atom. The number of hydrogen-bond acceptors (Lipinski definition) is 1. The van der Waals surface area contributed by atoms with Crippen molar-refractivity contribution in [2.75, 3.05) is 19.0 Å². The summed E-state index contributed by atoms with van der Waals surface area (Å²) >= 11 is 5.95. The number of likely N-dealkylation sites (tertiary alicyclic amines) is 1. The summed E-state index contributed by atoms with van der Waals surface area (Å²) in [6, 6.07) is 15.3. The molecule has 0 unspecified atom stereocenters. The zero-order chi connectivity index (χ0) is 13.1. The van der Waals surface area contributed by atoms with Gasteiger partial charge in [-0.3, -0.25) is 4.90 Å². The molecular formula is C17H20ClN. The molecule has 100 valence electrons. The van der Waals surface area contributed by atoms with Gasteiger partial charge in [-0.2, -0.15) is 0 Å². The summed E-state index contributed by atoms with van der Waals surface area (Å²) in [6.07, 6.45) is 2.49. The first kappa shape index (κ1) is 13.0. The third kappa shape index (κ3) is 2.93.